The number of allylic oxidation sites excluding steroid dienone is 1. The topological polar surface area (TPSA) is 78.8 Å². The molecule has 5 heteroatoms. The van der Waals surface area contributed by atoms with Gasteiger partial charge in [0, 0.05) is 12.6 Å². The Morgan fingerprint density at radius 1 is 1.41 bits per heavy atom. The van der Waals surface area contributed by atoms with Gasteiger partial charge in [0.1, 0.15) is 0 Å². The third kappa shape index (κ3) is 5.09. The number of hydrogen-bond acceptors (Lipinski definition) is 4. The lowest BCUT2D eigenvalue weighted by Crippen LogP contribution is -2.38. The summed E-state index contributed by atoms with van der Waals surface area (Å²) in [6.45, 7) is 5.92. The molecule has 0 heterocycles. The van der Waals surface area contributed by atoms with Crippen LogP contribution in [0.15, 0.2) is 36.0 Å². The monoisotopic (exact) mass is 309 g/mol. The summed E-state index contributed by atoms with van der Waals surface area (Å²) < 4.78 is 5.52. The van der Waals surface area contributed by atoms with Crippen molar-refractivity contribution in [1.82, 2.24) is 5.32 Å². The maximum absolute atomic E-state index is 11.4. The Bertz CT molecular complexity index is 446. The lowest BCUT2D eigenvalue weighted by molar-refractivity contribution is -0.116. The van der Waals surface area contributed by atoms with E-state index < -0.39 is 5.60 Å². The Hall–Kier alpha value is -1.43. The van der Waals surface area contributed by atoms with E-state index in [0.29, 0.717) is 25.0 Å². The lowest BCUT2D eigenvalue weighted by atomic mass is 9.77. The van der Waals surface area contributed by atoms with Gasteiger partial charge in [-0.1, -0.05) is 18.7 Å². The highest BCUT2D eigenvalue weighted by atomic mass is 16.5. The molecule has 1 amide bonds. The molecule has 22 heavy (non-hydrogen) atoms. The fourth-order valence-corrected chi connectivity index (χ4v) is 2.69. The molecule has 1 rings (SSSR count). The summed E-state index contributed by atoms with van der Waals surface area (Å²) in [5, 5.41) is 22.1. The zero-order chi connectivity index (χ0) is 16.6. The van der Waals surface area contributed by atoms with Crippen LogP contribution in [0.25, 0.3) is 0 Å². The normalized spacial score (nSPS) is 26.2. The van der Waals surface area contributed by atoms with Gasteiger partial charge in [-0.3, -0.25) is 4.79 Å². The molecule has 0 aliphatic heterocycles. The van der Waals surface area contributed by atoms with Crippen LogP contribution in [0.3, 0.4) is 0 Å². The molecular weight excluding hydrogens is 282 g/mol. The van der Waals surface area contributed by atoms with Crippen LogP contribution in [0.2, 0.25) is 0 Å². The van der Waals surface area contributed by atoms with Gasteiger partial charge in [0.05, 0.1) is 24.9 Å². The fraction of sp³-hybridized carbons (Fsp3) is 0.588. The van der Waals surface area contributed by atoms with Gasteiger partial charge < -0.3 is 20.3 Å². The van der Waals surface area contributed by atoms with Gasteiger partial charge in [-0.05, 0) is 44.3 Å². The summed E-state index contributed by atoms with van der Waals surface area (Å²) >= 11 is 0. The van der Waals surface area contributed by atoms with Crippen molar-refractivity contribution in [3.8, 4) is 0 Å². The first-order valence-electron chi connectivity index (χ1n) is 7.67. The predicted octanol–water partition coefficient (Wildman–Crippen LogP) is 1.47. The number of aliphatic hydroxyl groups is 2. The Balaban J connectivity index is 2.66. The lowest BCUT2D eigenvalue weighted by Gasteiger charge is -2.37. The van der Waals surface area contributed by atoms with E-state index >= 15 is 0 Å². The van der Waals surface area contributed by atoms with E-state index in [1.165, 1.54) is 0 Å². The van der Waals surface area contributed by atoms with Gasteiger partial charge in [-0.15, -0.1) is 0 Å². The van der Waals surface area contributed by atoms with E-state index in [1.807, 2.05) is 13.0 Å². The number of ether oxygens (including phenoxy) is 1. The molecule has 124 valence electrons. The minimum atomic E-state index is -0.896. The van der Waals surface area contributed by atoms with Crippen molar-refractivity contribution in [1.29, 1.82) is 0 Å². The highest BCUT2D eigenvalue weighted by Crippen LogP contribution is 2.36. The number of hydrogen-bond donors (Lipinski definition) is 3. The van der Waals surface area contributed by atoms with Crippen molar-refractivity contribution >= 4 is 5.91 Å². The highest BCUT2D eigenvalue weighted by Gasteiger charge is 2.35. The minimum absolute atomic E-state index is 0.0191. The van der Waals surface area contributed by atoms with Crippen molar-refractivity contribution < 1.29 is 19.7 Å². The van der Waals surface area contributed by atoms with Gasteiger partial charge in [0.15, 0.2) is 0 Å². The molecule has 0 unspecified atom stereocenters. The first-order chi connectivity index (χ1) is 10.5. The van der Waals surface area contributed by atoms with Gasteiger partial charge in [-0.25, -0.2) is 0 Å². The Labute approximate surface area is 132 Å². The molecule has 5 nitrogen and oxygen atoms in total. The molecule has 0 radical (unpaired) electrons. The van der Waals surface area contributed by atoms with Crippen molar-refractivity contribution in [2.24, 2.45) is 0 Å². The van der Waals surface area contributed by atoms with E-state index in [2.05, 4.69) is 11.9 Å². The van der Waals surface area contributed by atoms with E-state index in [1.54, 1.807) is 19.2 Å². The summed E-state index contributed by atoms with van der Waals surface area (Å²) in [6, 6.07) is 0. The molecular formula is C17H27NO4. The Morgan fingerprint density at radius 2 is 2.05 bits per heavy atom. The Kier molecular flexibility index (Phi) is 7.51. The van der Waals surface area contributed by atoms with Gasteiger partial charge in [0.25, 0.3) is 0 Å². The zero-order valence-corrected chi connectivity index (χ0v) is 13.5. The molecule has 3 N–H and O–H groups in total. The number of rotatable bonds is 7. The first-order valence-corrected chi connectivity index (χ1v) is 7.67. The maximum Gasteiger partial charge on any atom is 0.250 e. The predicted molar refractivity (Wildman–Crippen MR) is 86.3 cm³/mol. The van der Waals surface area contributed by atoms with Crippen molar-refractivity contribution in [3.05, 3.63) is 36.0 Å². The second-order valence-electron chi connectivity index (χ2n) is 5.51. The maximum atomic E-state index is 11.4. The summed E-state index contributed by atoms with van der Waals surface area (Å²) in [5.41, 5.74) is 0.247. The smallest absolute Gasteiger partial charge is 0.250 e. The third-order valence-electron chi connectivity index (χ3n) is 4.04. The number of likely N-dealkylation sites (N-methyl/N-ethyl adjacent to an activating group) is 1. The number of amides is 1. The molecule has 0 bridgehead atoms. The van der Waals surface area contributed by atoms with Gasteiger partial charge in [0.2, 0.25) is 5.91 Å². The molecule has 0 atom stereocenters. The third-order valence-corrected chi connectivity index (χ3v) is 4.04. The van der Waals surface area contributed by atoms with Crippen LogP contribution >= 0.6 is 0 Å². The number of nitrogens with one attached hydrogen (secondary N) is 1. The molecule has 0 aromatic carbocycles. The van der Waals surface area contributed by atoms with Crippen LogP contribution in [0.1, 0.15) is 32.6 Å². The van der Waals surface area contributed by atoms with Crippen molar-refractivity contribution in [2.75, 3.05) is 20.3 Å². The highest BCUT2D eigenvalue weighted by molar-refractivity contribution is 5.95. The number of carbonyl (C=O) groups is 1. The van der Waals surface area contributed by atoms with Gasteiger partial charge in [-0.2, -0.15) is 0 Å². The largest absolute Gasteiger partial charge is 0.394 e. The minimum Gasteiger partial charge on any atom is -0.394 e. The van der Waals surface area contributed by atoms with Gasteiger partial charge >= 0.3 is 0 Å². The molecule has 1 fully saturated rings. The molecule has 0 spiro atoms. The average molecular weight is 309 g/mol. The SMILES string of the molecule is C=C(/C=C\C(=C/C)C1(O)CCC(OCCO)CC1)C(=O)NC. The standard InChI is InChI=1S/C17H27NO4/c1-4-14(6-5-13(2)16(20)18-3)17(21)9-7-15(8-10-17)22-12-11-19/h4-6,15,19,21H,2,7-12H2,1,3H3,(H,18,20)/b6-5-,14-4+. The number of carbonyl (C=O) groups excluding carboxylic acids is 1. The van der Waals surface area contributed by atoms with Crippen LogP contribution < -0.4 is 5.32 Å². The quantitative estimate of drug-likeness (QED) is 0.491. The average Bonchev–Trinajstić information content (AvgIpc) is 2.53. The van der Waals surface area contributed by atoms with Crippen molar-refractivity contribution in [2.45, 2.75) is 44.3 Å². The molecule has 0 aromatic rings. The summed E-state index contributed by atoms with van der Waals surface area (Å²) in [7, 11) is 1.55. The zero-order valence-electron chi connectivity index (χ0n) is 13.5. The van der Waals surface area contributed by atoms with Crippen LogP contribution in [0.4, 0.5) is 0 Å². The van der Waals surface area contributed by atoms with E-state index in [4.69, 9.17) is 9.84 Å². The summed E-state index contributed by atoms with van der Waals surface area (Å²) in [6.07, 6.45) is 8.03. The molecule has 0 aromatic heterocycles. The molecule has 1 aliphatic rings. The van der Waals surface area contributed by atoms with Crippen LogP contribution in [0, 0.1) is 0 Å². The second-order valence-corrected chi connectivity index (χ2v) is 5.51. The van der Waals surface area contributed by atoms with Crippen molar-refractivity contribution in [3.63, 3.8) is 0 Å². The van der Waals surface area contributed by atoms with E-state index in [-0.39, 0.29) is 18.6 Å². The fourth-order valence-electron chi connectivity index (χ4n) is 2.69. The Morgan fingerprint density at radius 3 is 2.55 bits per heavy atom. The van der Waals surface area contributed by atoms with E-state index in [0.717, 1.165) is 18.4 Å². The molecule has 1 aliphatic carbocycles. The second kappa shape index (κ2) is 8.88. The van der Waals surface area contributed by atoms with Crippen LogP contribution in [-0.4, -0.2) is 48.1 Å². The summed E-state index contributed by atoms with van der Waals surface area (Å²) in [5.74, 6) is -0.236. The molecule has 1 saturated carbocycles. The summed E-state index contributed by atoms with van der Waals surface area (Å²) in [4.78, 5) is 11.4. The van der Waals surface area contributed by atoms with Crippen LogP contribution in [-0.2, 0) is 9.53 Å². The first kappa shape index (κ1) is 18.6. The van der Waals surface area contributed by atoms with Crippen LogP contribution in [0.5, 0.6) is 0 Å². The van der Waals surface area contributed by atoms with E-state index in [9.17, 15) is 9.90 Å². The molecule has 0 saturated heterocycles. The number of aliphatic hydroxyl groups excluding tert-OH is 1.